The summed E-state index contributed by atoms with van der Waals surface area (Å²) in [6, 6.07) is 0. The third kappa shape index (κ3) is 27.6. The molecular formula is C16H42N5O12P4+. The van der Waals surface area contributed by atoms with Gasteiger partial charge in [0.25, 0.3) is 0 Å². The fourth-order valence-electron chi connectivity index (χ4n) is 3.49. The van der Waals surface area contributed by atoms with Crippen LogP contribution in [0.5, 0.6) is 0 Å². The molecule has 2 aliphatic rings. The van der Waals surface area contributed by atoms with Crippen molar-refractivity contribution in [2.45, 2.75) is 19.3 Å². The quantitative estimate of drug-likeness (QED) is 0.148. The topological polar surface area (TPSA) is 264 Å². The molecule has 0 aromatic carbocycles. The van der Waals surface area contributed by atoms with Crippen molar-refractivity contribution in [1.29, 1.82) is 0 Å². The molecule has 0 spiro atoms. The molecule has 17 nitrogen and oxygen atoms in total. The molecule has 37 heavy (non-hydrogen) atoms. The summed E-state index contributed by atoms with van der Waals surface area (Å²) in [6.07, 6.45) is 2.49. The van der Waals surface area contributed by atoms with E-state index in [1.807, 2.05) is 0 Å². The fraction of sp³-hybridized carbons (Fsp3) is 1.00. The third-order valence-electron chi connectivity index (χ3n) is 5.04. The van der Waals surface area contributed by atoms with Gasteiger partial charge in [0.05, 0.1) is 0 Å². The summed E-state index contributed by atoms with van der Waals surface area (Å²) in [6.45, 7) is 5.75. The van der Waals surface area contributed by atoms with E-state index < -0.39 is 49.9 Å². The van der Waals surface area contributed by atoms with Crippen LogP contribution in [0.1, 0.15) is 19.3 Å². The van der Waals surface area contributed by atoms with E-state index in [1.54, 1.807) is 0 Å². The van der Waals surface area contributed by atoms with E-state index in [-0.39, 0.29) is 39.3 Å². The molecule has 222 valence electrons. The molecule has 10 N–H and O–H groups in total. The summed E-state index contributed by atoms with van der Waals surface area (Å²) < 4.78 is 42.2. The van der Waals surface area contributed by atoms with Gasteiger partial charge in [-0.1, -0.05) is 6.42 Å². The number of hydrogen-bond acceptors (Lipinski definition) is 9. The Morgan fingerprint density at radius 3 is 1.00 bits per heavy atom. The minimum atomic E-state index is -4.32. The Labute approximate surface area is 217 Å². The number of nitrogens with one attached hydrogen (secondary N) is 2. The number of nitrogens with zero attached hydrogens (tertiary/aromatic N) is 3. The van der Waals surface area contributed by atoms with Crippen LogP contribution in [-0.2, 0) is 18.3 Å². The van der Waals surface area contributed by atoms with Crippen LogP contribution >= 0.6 is 31.0 Å². The molecule has 2 aliphatic heterocycles. The van der Waals surface area contributed by atoms with Crippen LogP contribution in [0.3, 0.4) is 0 Å². The second-order valence-corrected chi connectivity index (χ2v) is 13.9. The van der Waals surface area contributed by atoms with Gasteiger partial charge in [0, 0.05) is 56.9 Å². The van der Waals surface area contributed by atoms with E-state index in [2.05, 4.69) is 10.6 Å². The molecule has 0 aromatic rings. The van der Waals surface area contributed by atoms with E-state index in [1.165, 1.54) is 47.1 Å². The SMILES string of the molecule is C1CCNCCNCC1.O=P(O)(O)CN1CCN(CP(=O)(O)O)CCN(CP(=O)(O)O)CC1.O=[P+](O)O. The van der Waals surface area contributed by atoms with Crippen LogP contribution in [-0.4, -0.2) is 138 Å². The monoisotopic (exact) mass is 620 g/mol. The Hall–Kier alpha value is 0.270. The lowest BCUT2D eigenvalue weighted by atomic mass is 10.2. The first-order chi connectivity index (χ1) is 17.0. The first-order valence-corrected chi connectivity index (χ1v) is 18.1. The van der Waals surface area contributed by atoms with Gasteiger partial charge < -0.3 is 40.0 Å². The molecule has 2 saturated heterocycles. The first-order valence-electron chi connectivity index (χ1n) is 11.5. The molecule has 0 amide bonds. The lowest BCUT2D eigenvalue weighted by molar-refractivity contribution is 0.231. The molecule has 0 aromatic heterocycles. The highest BCUT2D eigenvalue weighted by Crippen LogP contribution is 2.38. The maximum Gasteiger partial charge on any atom is 0.692 e. The minimum absolute atomic E-state index is 0.175. The number of rotatable bonds is 6. The van der Waals surface area contributed by atoms with Crippen LogP contribution in [0.25, 0.3) is 0 Å². The second kappa shape index (κ2) is 19.4. The summed E-state index contributed by atoms with van der Waals surface area (Å²) in [7, 11) is -15.8. The highest BCUT2D eigenvalue weighted by Gasteiger charge is 2.27. The van der Waals surface area contributed by atoms with Crippen LogP contribution in [0.4, 0.5) is 0 Å². The zero-order valence-corrected chi connectivity index (χ0v) is 24.2. The van der Waals surface area contributed by atoms with Crippen molar-refractivity contribution >= 4 is 31.0 Å². The molecule has 0 unspecified atom stereocenters. The zero-order valence-electron chi connectivity index (χ0n) is 20.7. The predicted molar refractivity (Wildman–Crippen MR) is 137 cm³/mol. The lowest BCUT2D eigenvalue weighted by Gasteiger charge is -2.25. The van der Waals surface area contributed by atoms with Crippen LogP contribution < -0.4 is 10.6 Å². The molecule has 2 heterocycles. The van der Waals surface area contributed by atoms with Crippen molar-refractivity contribution in [2.24, 2.45) is 0 Å². The smallest absolute Gasteiger partial charge is 0.324 e. The fourth-order valence-corrected chi connectivity index (χ4v) is 5.91. The summed E-state index contributed by atoms with van der Waals surface area (Å²) >= 11 is 0. The highest BCUT2D eigenvalue weighted by molar-refractivity contribution is 7.52. The molecule has 0 aliphatic carbocycles. The molecular weight excluding hydrogens is 578 g/mol. The highest BCUT2D eigenvalue weighted by atomic mass is 31.2. The van der Waals surface area contributed by atoms with E-state index in [9.17, 15) is 13.7 Å². The normalized spacial score (nSPS) is 20.3. The van der Waals surface area contributed by atoms with Crippen molar-refractivity contribution in [1.82, 2.24) is 25.3 Å². The van der Waals surface area contributed by atoms with Gasteiger partial charge in [-0.15, -0.1) is 9.79 Å². The lowest BCUT2D eigenvalue weighted by Crippen LogP contribution is -2.36. The molecule has 2 rings (SSSR count). The maximum atomic E-state index is 11.2. The van der Waals surface area contributed by atoms with Gasteiger partial charge in [0.2, 0.25) is 0 Å². The van der Waals surface area contributed by atoms with Crippen LogP contribution in [0.15, 0.2) is 0 Å². The van der Waals surface area contributed by atoms with Gasteiger partial charge in [0.15, 0.2) is 0 Å². The second-order valence-electron chi connectivity index (χ2n) is 8.59. The van der Waals surface area contributed by atoms with E-state index in [0.717, 1.165) is 13.1 Å². The summed E-state index contributed by atoms with van der Waals surface area (Å²) in [5.74, 6) is 0. The summed E-state index contributed by atoms with van der Waals surface area (Å²) in [5.41, 5.74) is 0. The van der Waals surface area contributed by atoms with Crippen LogP contribution in [0.2, 0.25) is 0 Å². The Kier molecular flexibility index (Phi) is 19.5. The molecule has 0 bridgehead atoms. The number of hydrogen-bond donors (Lipinski definition) is 10. The Balaban J connectivity index is 0.000000813. The largest absolute Gasteiger partial charge is 0.692 e. The Morgan fingerprint density at radius 1 is 0.541 bits per heavy atom. The van der Waals surface area contributed by atoms with Crippen LogP contribution in [0, 0.1) is 0 Å². The third-order valence-corrected chi connectivity index (χ3v) is 7.34. The summed E-state index contributed by atoms with van der Waals surface area (Å²) in [4.78, 5) is 73.1. The van der Waals surface area contributed by atoms with Gasteiger partial charge in [-0.2, -0.15) is 0 Å². The Bertz CT molecular complexity index is 659. The van der Waals surface area contributed by atoms with Crippen molar-refractivity contribution in [2.75, 3.05) is 84.3 Å². The van der Waals surface area contributed by atoms with Crippen molar-refractivity contribution in [3.05, 3.63) is 0 Å². The minimum Gasteiger partial charge on any atom is -0.324 e. The van der Waals surface area contributed by atoms with E-state index in [4.69, 9.17) is 43.7 Å². The maximum absolute atomic E-state index is 11.2. The average Bonchev–Trinajstić information content (AvgIpc) is 2.90. The Morgan fingerprint density at radius 2 is 0.784 bits per heavy atom. The van der Waals surface area contributed by atoms with Crippen molar-refractivity contribution < 1.29 is 57.4 Å². The van der Waals surface area contributed by atoms with Gasteiger partial charge >= 0.3 is 31.0 Å². The molecule has 0 saturated carbocycles. The van der Waals surface area contributed by atoms with Gasteiger partial charge in [-0.3, -0.25) is 28.4 Å². The molecule has 0 atom stereocenters. The van der Waals surface area contributed by atoms with E-state index in [0.29, 0.717) is 0 Å². The van der Waals surface area contributed by atoms with E-state index >= 15 is 0 Å². The van der Waals surface area contributed by atoms with Gasteiger partial charge in [0.1, 0.15) is 18.9 Å². The first kappa shape index (κ1) is 37.3. The van der Waals surface area contributed by atoms with Crippen molar-refractivity contribution in [3.63, 3.8) is 0 Å². The standard InChI is InChI=1S/C9H24N3O9P3.C7H16N2.HO3P/c13-22(14,15)7-10-1-2-11(8-23(16,17)18)5-6-12(4-3-10)9-24(19,20)21;1-2-4-8-6-7-9-5-3-1;1-4(2)3/h1-9H2,(H2,13,14,15)(H2,16,17,18)(H2,19,20,21);8-9H,1-7H2;(H-,1,2,3)/p+1. The average molecular weight is 620 g/mol. The zero-order chi connectivity index (χ0) is 28.5. The summed E-state index contributed by atoms with van der Waals surface area (Å²) in [5, 5.41) is 6.73. The van der Waals surface area contributed by atoms with Gasteiger partial charge in [-0.05, 0) is 25.9 Å². The molecule has 21 heteroatoms. The van der Waals surface area contributed by atoms with Crippen molar-refractivity contribution in [3.8, 4) is 0 Å². The molecule has 2 fully saturated rings. The molecule has 0 radical (unpaired) electrons. The van der Waals surface area contributed by atoms with Gasteiger partial charge in [-0.25, -0.2) is 0 Å². The predicted octanol–water partition coefficient (Wildman–Crippen LogP) is -1.71.